The molecule has 0 unspecified atom stereocenters. The van der Waals surface area contributed by atoms with Crippen molar-refractivity contribution in [3.63, 3.8) is 0 Å². The fourth-order valence-corrected chi connectivity index (χ4v) is 17.7. The topological polar surface area (TPSA) is 217 Å². The van der Waals surface area contributed by atoms with Crippen molar-refractivity contribution < 1.29 is 28.8 Å². The summed E-state index contributed by atoms with van der Waals surface area (Å²) in [6.45, 7) is 17.0. The van der Waals surface area contributed by atoms with Crippen LogP contribution in [0.4, 0.5) is 0 Å². The predicted octanol–water partition coefficient (Wildman–Crippen LogP) is 15.7. The van der Waals surface area contributed by atoms with Gasteiger partial charge in [0.05, 0.1) is 18.1 Å². The summed E-state index contributed by atoms with van der Waals surface area (Å²) in [6.07, 6.45) is 16.9. The number of nitrogens with zero attached hydrogens (tertiary/aromatic N) is 5. The van der Waals surface area contributed by atoms with Crippen molar-refractivity contribution in [3.8, 4) is 11.1 Å². The Balaban J connectivity index is 0.000000164. The lowest BCUT2D eigenvalue weighted by Gasteiger charge is -2.31. The van der Waals surface area contributed by atoms with Crippen LogP contribution in [0.5, 0.6) is 0 Å². The summed E-state index contributed by atoms with van der Waals surface area (Å²) in [7, 11) is 0. The highest BCUT2D eigenvalue weighted by Crippen LogP contribution is 2.29. The van der Waals surface area contributed by atoms with Crippen molar-refractivity contribution in [1.29, 1.82) is 0 Å². The van der Waals surface area contributed by atoms with E-state index in [0.29, 0.717) is 90.9 Å². The largest absolute Gasteiger partial charge is 0.350 e. The van der Waals surface area contributed by atoms with Crippen LogP contribution in [0.15, 0.2) is 218 Å². The summed E-state index contributed by atoms with van der Waals surface area (Å²) in [5.74, 6) is 0.851. The van der Waals surface area contributed by atoms with Crippen molar-refractivity contribution >= 4 is 80.2 Å². The Morgan fingerprint density at radius 2 is 0.773 bits per heavy atom. The molecule has 5 aliphatic heterocycles. The number of amides is 6. The second kappa shape index (κ2) is 46.5. The predicted molar refractivity (Wildman–Crippen MR) is 484 cm³/mol. The van der Waals surface area contributed by atoms with E-state index in [-0.39, 0.29) is 71.7 Å². The number of piperidine rings is 2. The molecule has 6 amide bonds. The summed E-state index contributed by atoms with van der Waals surface area (Å²) < 4.78 is 0. The summed E-state index contributed by atoms with van der Waals surface area (Å²) in [4.78, 5) is 91.4. The molecule has 5 heterocycles. The quantitative estimate of drug-likeness (QED) is 0.0202. The Morgan fingerprint density at radius 3 is 1.21 bits per heavy atom. The summed E-state index contributed by atoms with van der Waals surface area (Å²) in [6, 6.07) is 71.2. The SMILES string of the molecule is CC[C@@H](CN1CC[C@H](CNC(=O)c2ccc3cc(Cl)ccc3c2)N[C@H](CCN2CCCCC2)C1=O)c1ccccc1.CC[C@H](CN1CC[C@H](CNC(=O)c2ccc3cc(Cl)ccc3c2)N[C@H](CCN2CCCCC2)C1=O)c1ccccc1.NCCCC[C@H]1N[C@H](CNC(=O)c2ccc(-c3ccccc3)cc2)CCN(CCc2ccccc2)C1=O. The van der Waals surface area contributed by atoms with Gasteiger partial charge < -0.3 is 62.1 Å². The molecule has 18 nitrogen and oxygen atoms in total. The number of hydrogen-bond donors (Lipinski definition) is 7. The van der Waals surface area contributed by atoms with Crippen LogP contribution in [-0.4, -0.2) is 201 Å². The first-order valence-electron chi connectivity index (χ1n) is 44.0. The van der Waals surface area contributed by atoms with Crippen LogP contribution in [-0.2, 0) is 20.8 Å². The number of nitrogens with one attached hydrogen (secondary N) is 6. The van der Waals surface area contributed by atoms with E-state index < -0.39 is 0 Å². The number of carbonyl (C=O) groups is 6. The highest BCUT2D eigenvalue weighted by Gasteiger charge is 2.36. The van der Waals surface area contributed by atoms with Gasteiger partial charge in [0, 0.05) is 129 Å². The van der Waals surface area contributed by atoms with Gasteiger partial charge in [0.15, 0.2) is 0 Å². The van der Waals surface area contributed by atoms with Crippen LogP contribution in [0.25, 0.3) is 32.7 Å². The van der Waals surface area contributed by atoms with Gasteiger partial charge in [-0.3, -0.25) is 28.8 Å². The molecule has 630 valence electrons. The van der Waals surface area contributed by atoms with E-state index in [4.69, 9.17) is 28.9 Å². The molecule has 14 rings (SSSR count). The molecule has 0 radical (unpaired) electrons. The minimum absolute atomic E-state index is 0.0234. The molecule has 5 saturated heterocycles. The molecule has 0 bridgehead atoms. The standard InChI is InChI=1S/2C34H43ClN4O2.C31H38N4O2/c2*1-2-25(26-9-5-3-6-10-26)24-39-20-15-31(37-32(34(39)41)16-19-38-17-7-4-8-18-38)23-36-33(40)29-12-11-28-22-30(35)14-13-27(28)21-29;32-20-8-7-13-29-31(37)35(21-18-24-9-3-1-4-10-24)22-19-28(34-29)23-33-30(36)27-16-14-26(15-17-27)25-11-5-2-6-12-25/h2*3,5-6,9-14,21-22,25,31-32,37H,2,4,7-8,15-20,23-24H2,1H3,(H,36,40);1-6,9-12,14-17,28-29,34H,7-8,13,18-23,32H2,(H,33,36)/t25-,31+,32+;25-,31-,32-;28-,29+/m010/s1. The van der Waals surface area contributed by atoms with E-state index in [0.717, 1.165) is 156 Å². The lowest BCUT2D eigenvalue weighted by Crippen LogP contribution is -2.50. The molecular weight excluding hydrogens is 1520 g/mol. The van der Waals surface area contributed by atoms with Crippen molar-refractivity contribution in [1.82, 2.24) is 56.4 Å². The lowest BCUT2D eigenvalue weighted by molar-refractivity contribution is -0.134. The van der Waals surface area contributed by atoms with Gasteiger partial charge in [-0.1, -0.05) is 214 Å². The molecule has 9 aromatic rings. The van der Waals surface area contributed by atoms with E-state index in [1.165, 1.54) is 55.2 Å². The maximum absolute atomic E-state index is 13.9. The van der Waals surface area contributed by atoms with Crippen LogP contribution in [0, 0.1) is 0 Å². The van der Waals surface area contributed by atoms with E-state index >= 15 is 0 Å². The number of halogens is 2. The van der Waals surface area contributed by atoms with Gasteiger partial charge in [-0.15, -0.1) is 0 Å². The Bertz CT molecular complexity index is 4470. The Kier molecular flexibility index (Phi) is 34.7. The van der Waals surface area contributed by atoms with E-state index in [9.17, 15) is 28.8 Å². The Morgan fingerprint density at radius 1 is 0.403 bits per heavy atom. The first-order chi connectivity index (χ1) is 58.1. The molecule has 8 atom stereocenters. The lowest BCUT2D eigenvalue weighted by atomic mass is 9.95. The van der Waals surface area contributed by atoms with Crippen LogP contribution < -0.4 is 37.6 Å². The van der Waals surface area contributed by atoms with Crippen molar-refractivity contribution in [2.24, 2.45) is 5.73 Å². The van der Waals surface area contributed by atoms with Gasteiger partial charge in [-0.25, -0.2) is 0 Å². The fourth-order valence-electron chi connectivity index (χ4n) is 17.4. The second-order valence-electron chi connectivity index (χ2n) is 32.9. The molecule has 20 heteroatoms. The number of unbranched alkanes of at least 4 members (excludes halogenated alkanes) is 1. The molecule has 0 spiro atoms. The zero-order valence-corrected chi connectivity index (χ0v) is 71.3. The molecule has 0 saturated carbocycles. The summed E-state index contributed by atoms with van der Waals surface area (Å²) in [5.41, 5.74) is 13.6. The van der Waals surface area contributed by atoms with Crippen molar-refractivity contribution in [2.45, 2.75) is 171 Å². The first kappa shape index (κ1) is 88.9. The Hall–Kier alpha value is -9.34. The maximum atomic E-state index is 13.9. The van der Waals surface area contributed by atoms with Crippen molar-refractivity contribution in [3.05, 3.63) is 262 Å². The monoisotopic (exact) mass is 1650 g/mol. The van der Waals surface area contributed by atoms with E-state index in [2.05, 4.69) is 138 Å². The number of benzene rings is 9. The van der Waals surface area contributed by atoms with Gasteiger partial charge in [0.1, 0.15) is 0 Å². The minimum Gasteiger partial charge on any atom is -0.350 e. The van der Waals surface area contributed by atoms with Crippen LogP contribution in [0.3, 0.4) is 0 Å². The third-order valence-corrected chi connectivity index (χ3v) is 25.0. The molecule has 5 aliphatic rings. The zero-order valence-electron chi connectivity index (χ0n) is 69.8. The Labute approximate surface area is 715 Å². The van der Waals surface area contributed by atoms with Gasteiger partial charge in [-0.2, -0.15) is 0 Å². The number of likely N-dealkylation sites (tertiary alicyclic amines) is 2. The molecule has 8 N–H and O–H groups in total. The van der Waals surface area contributed by atoms with Crippen LogP contribution >= 0.6 is 23.2 Å². The molecule has 0 aromatic heterocycles. The highest BCUT2D eigenvalue weighted by molar-refractivity contribution is 6.31. The van der Waals surface area contributed by atoms with Gasteiger partial charge >= 0.3 is 0 Å². The number of fused-ring (bicyclic) bond motifs is 2. The van der Waals surface area contributed by atoms with E-state index in [1.54, 1.807) is 0 Å². The molecule has 0 aliphatic carbocycles. The fraction of sp³-hybridized carbons (Fsp3) is 0.434. The summed E-state index contributed by atoms with van der Waals surface area (Å²) >= 11 is 12.2. The van der Waals surface area contributed by atoms with Gasteiger partial charge in [0.25, 0.3) is 17.7 Å². The number of nitrogens with two attached hydrogens (primary N) is 1. The van der Waals surface area contributed by atoms with Crippen LogP contribution in [0.2, 0.25) is 10.0 Å². The third kappa shape index (κ3) is 26.8. The van der Waals surface area contributed by atoms with Gasteiger partial charge in [0.2, 0.25) is 17.7 Å². The molecule has 119 heavy (non-hydrogen) atoms. The number of carbonyl (C=O) groups excluding carboxylic acids is 6. The smallest absolute Gasteiger partial charge is 0.251 e. The zero-order chi connectivity index (χ0) is 83.1. The van der Waals surface area contributed by atoms with Crippen molar-refractivity contribution in [2.75, 3.05) is 105 Å². The van der Waals surface area contributed by atoms with E-state index in [1.807, 2.05) is 150 Å². The second-order valence-corrected chi connectivity index (χ2v) is 33.8. The molecule has 5 fully saturated rings. The normalized spacial score (nSPS) is 20.0. The maximum Gasteiger partial charge on any atom is 0.251 e. The average Bonchev–Trinajstić information content (AvgIpc) is 1.20. The molecule has 9 aromatic carbocycles. The molecular formula is C99H124Cl2N12O6. The highest BCUT2D eigenvalue weighted by atomic mass is 35.5. The minimum atomic E-state index is -0.253. The first-order valence-corrected chi connectivity index (χ1v) is 44.7. The third-order valence-electron chi connectivity index (χ3n) is 24.5. The van der Waals surface area contributed by atoms with Gasteiger partial charge in [-0.05, 0) is 233 Å². The number of rotatable bonds is 31. The number of hydrogen-bond acceptors (Lipinski definition) is 12. The summed E-state index contributed by atoms with van der Waals surface area (Å²) in [5, 5.41) is 25.6. The average molecular weight is 1650 g/mol. The van der Waals surface area contributed by atoms with Crippen LogP contribution in [0.1, 0.15) is 176 Å².